The van der Waals surface area contributed by atoms with Crippen LogP contribution in [0.15, 0.2) is 182 Å². The first-order valence-electron chi connectivity index (χ1n) is 24.0. The summed E-state index contributed by atoms with van der Waals surface area (Å²) in [4.78, 5) is 4.99. The molecule has 7 aromatic carbocycles. The molecule has 0 N–H and O–H groups in total. The van der Waals surface area contributed by atoms with Crippen LogP contribution in [-0.2, 0) is 42.7 Å². The predicted octanol–water partition coefficient (Wildman–Crippen LogP) is 15.4. The van der Waals surface area contributed by atoms with Gasteiger partial charge in [-0.05, 0) is 96.6 Å². The van der Waals surface area contributed by atoms with E-state index in [0.29, 0.717) is 11.5 Å². The summed E-state index contributed by atoms with van der Waals surface area (Å²) in [5, 5.41) is 2.21. The fourth-order valence-electron chi connectivity index (χ4n) is 9.43. The third-order valence-electron chi connectivity index (χ3n) is 14.0. The third kappa shape index (κ3) is 9.32. The van der Waals surface area contributed by atoms with Crippen molar-refractivity contribution in [1.29, 1.82) is 0 Å². The van der Waals surface area contributed by atoms with Gasteiger partial charge in [0.15, 0.2) is 0 Å². The van der Waals surface area contributed by atoms with Gasteiger partial charge in [0.05, 0.1) is 5.69 Å². The van der Waals surface area contributed by atoms with E-state index < -0.39 is 0 Å². The first-order valence-corrected chi connectivity index (χ1v) is 24.0. The number of benzene rings is 7. The van der Waals surface area contributed by atoms with Crippen molar-refractivity contribution in [2.75, 3.05) is 0 Å². The molecular weight excluding hydrogens is 1040 g/mol. The van der Waals surface area contributed by atoms with Crippen molar-refractivity contribution in [3.63, 3.8) is 0 Å². The zero-order valence-corrected chi connectivity index (χ0v) is 44.1. The minimum absolute atomic E-state index is 0. The number of fused-ring (bicyclic) bond motifs is 3. The molecule has 70 heavy (non-hydrogen) atoms. The first-order chi connectivity index (χ1) is 32.9. The van der Waals surface area contributed by atoms with E-state index in [9.17, 15) is 0 Å². The van der Waals surface area contributed by atoms with Crippen LogP contribution < -0.4 is 9.30 Å². The number of hydrogen-bond acceptors (Lipinski definition) is 2. The number of pyridine rings is 1. The Labute approximate surface area is 428 Å². The van der Waals surface area contributed by atoms with Crippen molar-refractivity contribution in [3.05, 3.63) is 234 Å². The maximum Gasteiger partial charge on any atom is 0.267 e. The summed E-state index contributed by atoms with van der Waals surface area (Å²) in [6.45, 7) is 22.6. The Morgan fingerprint density at radius 3 is 1.80 bits per heavy atom. The van der Waals surface area contributed by atoms with Crippen molar-refractivity contribution < 1.29 is 30.4 Å². The van der Waals surface area contributed by atoms with E-state index in [4.69, 9.17) is 9.72 Å². The molecule has 354 valence electrons. The van der Waals surface area contributed by atoms with Gasteiger partial charge in [-0.1, -0.05) is 184 Å². The maximum absolute atomic E-state index is 6.95. The van der Waals surface area contributed by atoms with Gasteiger partial charge in [-0.2, -0.15) is 12.1 Å². The minimum Gasteiger partial charge on any atom is -0.510 e. The second-order valence-electron chi connectivity index (χ2n) is 21.5. The van der Waals surface area contributed by atoms with E-state index in [1.54, 1.807) is 0 Å². The summed E-state index contributed by atoms with van der Waals surface area (Å²) in [6, 6.07) is 65.9. The SMILES string of the molecule is CC(C)(C)c1cc(-c2ccccc2)cc(-[n+]2[c-]n(-c3[c-]c(Oc4[c-]c5c(cc4)c4cc(C(C)(C)c6ccccc6)ccc4n5-c4cc(C(C)(C)C)ccn4)cc(C(C)(C)c4ccccc4)c3)cc2)c1.[Pt]. The molecule has 10 rings (SSSR count). The minimum atomic E-state index is -0.368. The van der Waals surface area contributed by atoms with E-state index >= 15 is 0 Å². The Morgan fingerprint density at radius 1 is 0.500 bits per heavy atom. The number of nitrogens with zero attached hydrogens (tertiary/aromatic N) is 4. The summed E-state index contributed by atoms with van der Waals surface area (Å²) in [5.41, 5.74) is 12.7. The fraction of sp³-hybridized carbons (Fsp3) is 0.219. The molecule has 3 aromatic heterocycles. The Morgan fingerprint density at radius 2 is 1.14 bits per heavy atom. The van der Waals surface area contributed by atoms with Crippen molar-refractivity contribution in [2.24, 2.45) is 0 Å². The molecule has 0 saturated heterocycles. The summed E-state index contributed by atoms with van der Waals surface area (Å²) in [7, 11) is 0. The molecule has 5 nitrogen and oxygen atoms in total. The Balaban J connectivity index is 0.00000608. The van der Waals surface area contributed by atoms with Crippen LogP contribution >= 0.6 is 0 Å². The zero-order valence-electron chi connectivity index (χ0n) is 41.8. The van der Waals surface area contributed by atoms with Crippen LogP contribution in [0.2, 0.25) is 0 Å². The van der Waals surface area contributed by atoms with Gasteiger partial charge in [0.25, 0.3) is 6.33 Å². The second-order valence-corrected chi connectivity index (χ2v) is 21.5. The summed E-state index contributed by atoms with van der Waals surface area (Å²) < 4.78 is 13.3. The third-order valence-corrected chi connectivity index (χ3v) is 14.0. The zero-order chi connectivity index (χ0) is 48.3. The van der Waals surface area contributed by atoms with Gasteiger partial charge in [0.2, 0.25) is 0 Å². The first kappa shape index (κ1) is 48.2. The van der Waals surface area contributed by atoms with Crippen molar-refractivity contribution in [2.45, 2.75) is 90.9 Å². The molecule has 10 aromatic rings. The van der Waals surface area contributed by atoms with E-state index in [2.05, 4.69) is 261 Å². The van der Waals surface area contributed by atoms with Crippen LogP contribution in [-0.4, -0.2) is 14.1 Å². The van der Waals surface area contributed by atoms with Crippen LogP contribution in [0.5, 0.6) is 11.5 Å². The van der Waals surface area contributed by atoms with Gasteiger partial charge in [-0.3, -0.25) is 4.57 Å². The maximum atomic E-state index is 6.95. The van der Waals surface area contributed by atoms with Crippen LogP contribution in [0, 0.1) is 18.5 Å². The van der Waals surface area contributed by atoms with E-state index in [-0.39, 0.29) is 42.7 Å². The monoisotopic (exact) mass is 1100 g/mol. The molecule has 0 saturated carbocycles. The quantitative estimate of drug-likeness (QED) is 0.101. The molecule has 0 unspecified atom stereocenters. The summed E-state index contributed by atoms with van der Waals surface area (Å²) in [5.74, 6) is 2.00. The van der Waals surface area contributed by atoms with Gasteiger partial charge in [-0.25, -0.2) is 4.98 Å². The smallest absolute Gasteiger partial charge is 0.267 e. The molecule has 0 atom stereocenters. The Hall–Kier alpha value is -6.81. The molecule has 0 aliphatic rings. The van der Waals surface area contributed by atoms with Crippen LogP contribution in [0.3, 0.4) is 0 Å². The Bertz CT molecular complexity index is 3480. The average Bonchev–Trinajstić information content (AvgIpc) is 3.98. The molecule has 6 heteroatoms. The molecule has 0 radical (unpaired) electrons. The molecule has 0 bridgehead atoms. The molecule has 0 amide bonds. The van der Waals surface area contributed by atoms with Gasteiger partial charge >= 0.3 is 0 Å². The summed E-state index contributed by atoms with van der Waals surface area (Å²) in [6.07, 6.45) is 9.68. The van der Waals surface area contributed by atoms with Gasteiger partial charge in [0.1, 0.15) is 5.82 Å². The second kappa shape index (κ2) is 18.5. The molecule has 3 heterocycles. The van der Waals surface area contributed by atoms with Gasteiger partial charge in [-0.15, -0.1) is 35.2 Å². The molecular formula is C64H60N4OPt-2. The topological polar surface area (TPSA) is 35.9 Å². The summed E-state index contributed by atoms with van der Waals surface area (Å²) >= 11 is 0. The Kier molecular flexibility index (Phi) is 12.7. The van der Waals surface area contributed by atoms with Crippen molar-refractivity contribution in [3.8, 4) is 39.8 Å². The molecule has 0 fully saturated rings. The normalized spacial score (nSPS) is 12.3. The number of ether oxygens (including phenoxy) is 1. The van der Waals surface area contributed by atoms with Crippen LogP contribution in [0.25, 0.3) is 50.1 Å². The average molecular weight is 1100 g/mol. The van der Waals surface area contributed by atoms with E-state index in [1.807, 2.05) is 23.0 Å². The predicted molar refractivity (Wildman–Crippen MR) is 282 cm³/mol. The largest absolute Gasteiger partial charge is 0.510 e. The van der Waals surface area contributed by atoms with Crippen LogP contribution in [0.1, 0.15) is 103 Å². The fourth-order valence-corrected chi connectivity index (χ4v) is 9.43. The van der Waals surface area contributed by atoms with Crippen LogP contribution in [0.4, 0.5) is 0 Å². The molecule has 0 spiro atoms. The number of hydrogen-bond donors (Lipinski definition) is 0. The van der Waals surface area contributed by atoms with Gasteiger partial charge in [0, 0.05) is 62.1 Å². The van der Waals surface area contributed by atoms with Crippen molar-refractivity contribution >= 4 is 21.8 Å². The van der Waals surface area contributed by atoms with Gasteiger partial charge < -0.3 is 13.9 Å². The van der Waals surface area contributed by atoms with E-state index in [0.717, 1.165) is 44.6 Å². The molecule has 0 aliphatic carbocycles. The van der Waals surface area contributed by atoms with Crippen molar-refractivity contribution in [1.82, 2.24) is 14.1 Å². The number of aromatic nitrogens is 4. The number of imidazole rings is 1. The standard InChI is InChI=1S/C64H60N4O.Pt/c1-61(2,3)48-30-31-65-60(40-48)68-58-29-26-49(63(7,8)46-22-16-12-17-23-46)39-57(58)56-28-27-54(42-59(56)68)69-55-38-51(64(9,10)47-24-18-13-19-25-47)37-53(41-55)67-33-32-66(43-67)52-35-45(44-20-14-11-15-21-44)34-50(36-52)62(4,5)6;/h11-40H,1-10H3;/q-2;. The van der Waals surface area contributed by atoms with E-state index in [1.165, 1.54) is 38.9 Å². The molecule has 0 aliphatic heterocycles. The number of rotatable bonds is 10.